The topological polar surface area (TPSA) is 173 Å². The molecule has 1 fully saturated rings. The zero-order chi connectivity index (χ0) is 38.3. The van der Waals surface area contributed by atoms with Gasteiger partial charge in [-0.15, -0.1) is 0 Å². The van der Waals surface area contributed by atoms with Crippen molar-refractivity contribution in [2.24, 2.45) is 5.92 Å². The Bertz CT molecular complexity index is 1380. The van der Waals surface area contributed by atoms with E-state index in [1.807, 2.05) is 0 Å². The summed E-state index contributed by atoms with van der Waals surface area (Å²) in [6.07, 6.45) is 29.3. The number of nitrogens with two attached hydrogens (primary N) is 1. The lowest BCUT2D eigenvalue weighted by molar-refractivity contribution is -0.170. The van der Waals surface area contributed by atoms with Gasteiger partial charge in [-0.05, 0) is 12.8 Å². The van der Waals surface area contributed by atoms with E-state index >= 15 is 0 Å². The molecule has 2 aromatic heterocycles. The van der Waals surface area contributed by atoms with E-state index in [0.29, 0.717) is 12.8 Å². The average Bonchev–Trinajstić information content (AvgIpc) is 3.71. The first-order chi connectivity index (χ1) is 25.8. The maximum absolute atomic E-state index is 14.4. The first kappa shape index (κ1) is 44.8. The minimum absolute atomic E-state index is 0.00508. The Morgan fingerprint density at radius 2 is 1.19 bits per heavy atom. The maximum atomic E-state index is 14.4. The highest BCUT2D eigenvalue weighted by atomic mass is 16.6. The summed E-state index contributed by atoms with van der Waals surface area (Å²) in [6, 6.07) is 0. The van der Waals surface area contributed by atoms with Gasteiger partial charge < -0.3 is 20.7 Å². The van der Waals surface area contributed by atoms with Gasteiger partial charge in [0.05, 0.1) is 12.7 Å². The monoisotopic (exact) mass is 744 g/mol. The second-order valence-corrected chi connectivity index (χ2v) is 15.6. The predicted molar refractivity (Wildman–Crippen MR) is 213 cm³/mol. The van der Waals surface area contributed by atoms with E-state index in [1.165, 1.54) is 126 Å². The minimum atomic E-state index is -2.01. The SMILES string of the molecule is CCCCCCCCCCCCCCCC(=O)[C@@H]1[C@H](O)[C@@H](CO)O[C@@]1(C(=O)CCCCCCCCCCCCCCC)n1cnc2c(=O)[nH]c(N)nc21. The van der Waals surface area contributed by atoms with E-state index in [4.69, 9.17) is 10.5 Å². The Morgan fingerprint density at radius 3 is 1.64 bits per heavy atom. The molecule has 11 nitrogen and oxygen atoms in total. The largest absolute Gasteiger partial charge is 0.394 e. The van der Waals surface area contributed by atoms with Crippen molar-refractivity contribution in [1.29, 1.82) is 0 Å². The number of anilines is 1. The van der Waals surface area contributed by atoms with Crippen molar-refractivity contribution in [3.8, 4) is 0 Å². The highest BCUT2D eigenvalue weighted by molar-refractivity contribution is 5.95. The number of rotatable bonds is 32. The molecule has 3 rings (SSSR count). The summed E-state index contributed by atoms with van der Waals surface area (Å²) in [5.41, 5.74) is 3.25. The summed E-state index contributed by atoms with van der Waals surface area (Å²) in [6.45, 7) is 3.90. The third kappa shape index (κ3) is 13.9. The molecular weight excluding hydrogens is 670 g/mol. The fourth-order valence-corrected chi connectivity index (χ4v) is 8.08. The van der Waals surface area contributed by atoms with E-state index in [0.717, 1.165) is 38.5 Å². The van der Waals surface area contributed by atoms with Crippen molar-refractivity contribution in [1.82, 2.24) is 19.5 Å². The second-order valence-electron chi connectivity index (χ2n) is 15.6. The molecule has 1 aliphatic rings. The predicted octanol–water partition coefficient (Wildman–Crippen LogP) is 8.82. The number of ether oxygens (including phenoxy) is 1. The summed E-state index contributed by atoms with van der Waals surface area (Å²) < 4.78 is 7.59. The molecule has 0 amide bonds. The van der Waals surface area contributed by atoms with Gasteiger partial charge in [-0.2, -0.15) is 4.98 Å². The van der Waals surface area contributed by atoms with Gasteiger partial charge in [0.15, 0.2) is 16.9 Å². The number of nitrogens with one attached hydrogen (secondary N) is 1. The summed E-state index contributed by atoms with van der Waals surface area (Å²) in [5, 5.41) is 21.7. The Balaban J connectivity index is 1.60. The van der Waals surface area contributed by atoms with Gasteiger partial charge >= 0.3 is 0 Å². The molecule has 0 bridgehead atoms. The number of aliphatic hydroxyl groups is 2. The maximum Gasteiger partial charge on any atom is 0.280 e. The normalized spacial score (nSPS) is 20.1. The van der Waals surface area contributed by atoms with Crippen LogP contribution in [0.1, 0.15) is 194 Å². The van der Waals surface area contributed by atoms with E-state index in [9.17, 15) is 24.6 Å². The highest BCUT2D eigenvalue weighted by Gasteiger charge is 2.62. The number of Topliss-reactive ketones (excluding diaryl/α,β-unsaturated/α-hetero) is 2. The molecule has 1 saturated heterocycles. The van der Waals surface area contributed by atoms with Gasteiger partial charge in [0.2, 0.25) is 11.7 Å². The molecule has 0 radical (unpaired) electrons. The number of ketones is 2. The highest BCUT2D eigenvalue weighted by Crippen LogP contribution is 2.45. The van der Waals surface area contributed by atoms with Crippen LogP contribution in [0.4, 0.5) is 5.95 Å². The van der Waals surface area contributed by atoms with Crippen molar-refractivity contribution >= 4 is 28.7 Å². The van der Waals surface area contributed by atoms with E-state index in [2.05, 4.69) is 28.8 Å². The van der Waals surface area contributed by atoms with Crippen LogP contribution in [0, 0.1) is 5.92 Å². The van der Waals surface area contributed by atoms with Gasteiger partial charge in [-0.1, -0.05) is 168 Å². The Labute approximate surface area is 318 Å². The standard InChI is InChI=1S/C42H73N5O6/c1-3-5-7-9-11-13-15-17-19-21-23-25-27-29-33(49)36-38(51)34(31-48)53-42(36,47-32-44-37-39(47)45-41(43)46-40(37)52)35(50)30-28-26-24-22-20-18-16-14-12-10-8-6-4-2/h32,34,36,38,48,51H,3-31H2,1-2H3,(H3,43,45,46,52)/t34-,36-,38-,42-/m1/s1. The Morgan fingerprint density at radius 1 is 0.755 bits per heavy atom. The van der Waals surface area contributed by atoms with E-state index in [-0.39, 0.29) is 35.7 Å². The lowest BCUT2D eigenvalue weighted by Gasteiger charge is -2.34. The summed E-state index contributed by atoms with van der Waals surface area (Å²) >= 11 is 0. The third-order valence-corrected chi connectivity index (χ3v) is 11.2. The molecule has 2 aromatic rings. The number of unbranched alkanes of at least 4 members (excludes halogenated alkanes) is 24. The van der Waals surface area contributed by atoms with Crippen molar-refractivity contribution in [2.75, 3.05) is 12.3 Å². The summed E-state index contributed by atoms with van der Waals surface area (Å²) in [7, 11) is 0. The number of hydrogen-bond donors (Lipinski definition) is 4. The van der Waals surface area contributed by atoms with Crippen molar-refractivity contribution in [3.63, 3.8) is 0 Å². The van der Waals surface area contributed by atoms with Crippen LogP contribution in [0.25, 0.3) is 11.2 Å². The molecule has 0 spiro atoms. The number of carbonyl (C=O) groups excluding carboxylic acids is 2. The van der Waals surface area contributed by atoms with Crippen LogP contribution in [0.15, 0.2) is 11.1 Å². The van der Waals surface area contributed by atoms with Gasteiger partial charge in [0.1, 0.15) is 24.1 Å². The molecule has 5 N–H and O–H groups in total. The quantitative estimate of drug-likeness (QED) is 0.0534. The van der Waals surface area contributed by atoms with Crippen molar-refractivity contribution in [3.05, 3.63) is 16.7 Å². The Hall–Kier alpha value is -2.63. The van der Waals surface area contributed by atoms with Gasteiger partial charge in [0, 0.05) is 12.8 Å². The molecule has 3 heterocycles. The molecule has 53 heavy (non-hydrogen) atoms. The molecule has 1 aliphatic heterocycles. The van der Waals surface area contributed by atoms with Gasteiger partial charge in [-0.25, -0.2) is 4.98 Å². The molecule has 0 unspecified atom stereocenters. The summed E-state index contributed by atoms with van der Waals surface area (Å²) in [4.78, 5) is 52.2. The fraction of sp³-hybridized carbons (Fsp3) is 0.833. The van der Waals surface area contributed by atoms with Crippen LogP contribution in [0.2, 0.25) is 0 Å². The van der Waals surface area contributed by atoms with Crippen LogP contribution in [-0.2, 0) is 20.1 Å². The molecule has 4 atom stereocenters. The van der Waals surface area contributed by atoms with Crippen LogP contribution in [-0.4, -0.2) is 60.1 Å². The minimum Gasteiger partial charge on any atom is -0.394 e. The van der Waals surface area contributed by atoms with Crippen LogP contribution < -0.4 is 11.3 Å². The smallest absolute Gasteiger partial charge is 0.280 e. The zero-order valence-electron chi connectivity index (χ0n) is 33.3. The van der Waals surface area contributed by atoms with Crippen LogP contribution in [0.5, 0.6) is 0 Å². The van der Waals surface area contributed by atoms with Gasteiger partial charge in [0.25, 0.3) is 5.56 Å². The lowest BCUT2D eigenvalue weighted by atomic mass is 9.81. The molecule has 302 valence electrons. The number of imidazole rings is 1. The van der Waals surface area contributed by atoms with Crippen molar-refractivity contribution in [2.45, 2.75) is 212 Å². The Kier molecular flexibility index (Phi) is 21.5. The number of hydrogen-bond acceptors (Lipinski definition) is 9. The van der Waals surface area contributed by atoms with Crippen LogP contribution >= 0.6 is 0 Å². The third-order valence-electron chi connectivity index (χ3n) is 11.2. The molecule has 0 saturated carbocycles. The number of fused-ring (bicyclic) bond motifs is 1. The van der Waals surface area contributed by atoms with Crippen LogP contribution in [0.3, 0.4) is 0 Å². The van der Waals surface area contributed by atoms with Gasteiger partial charge in [-0.3, -0.25) is 23.9 Å². The average molecular weight is 744 g/mol. The lowest BCUT2D eigenvalue weighted by Crippen LogP contribution is -2.51. The number of aromatic nitrogens is 4. The molecular formula is C42H73N5O6. The number of aliphatic hydroxyl groups excluding tert-OH is 2. The first-order valence-electron chi connectivity index (χ1n) is 21.6. The van der Waals surface area contributed by atoms with E-state index < -0.39 is 41.8 Å². The number of carbonyl (C=O) groups is 2. The number of H-pyrrole nitrogens is 1. The number of nitrogen functional groups attached to an aromatic ring is 1. The number of aromatic amines is 1. The van der Waals surface area contributed by atoms with Crippen molar-refractivity contribution < 1.29 is 24.5 Å². The molecule has 0 aromatic carbocycles. The molecule has 11 heteroatoms. The molecule has 0 aliphatic carbocycles. The zero-order valence-corrected chi connectivity index (χ0v) is 33.3. The fourth-order valence-electron chi connectivity index (χ4n) is 8.08. The second kappa shape index (κ2) is 25.4. The van der Waals surface area contributed by atoms with E-state index in [1.54, 1.807) is 0 Å². The number of nitrogens with zero attached hydrogens (tertiary/aromatic N) is 3. The first-order valence-corrected chi connectivity index (χ1v) is 21.6. The summed E-state index contributed by atoms with van der Waals surface area (Å²) in [5.74, 6) is -2.18.